The van der Waals surface area contributed by atoms with E-state index in [2.05, 4.69) is 0 Å². The maximum Gasteiger partial charge on any atom is 0.159 e. The highest BCUT2D eigenvalue weighted by Gasteiger charge is 2.50. The van der Waals surface area contributed by atoms with Crippen molar-refractivity contribution in [1.29, 1.82) is 0 Å². The molecule has 0 fully saturated rings. The summed E-state index contributed by atoms with van der Waals surface area (Å²) in [5.74, 6) is -1.95. The van der Waals surface area contributed by atoms with Gasteiger partial charge in [0.1, 0.15) is 17.3 Å². The number of Topliss-reactive ketones (excluding diaryl/α,β-unsaturated/α-hetero) is 2. The second kappa shape index (κ2) is 4.90. The van der Waals surface area contributed by atoms with Gasteiger partial charge >= 0.3 is 0 Å². The van der Waals surface area contributed by atoms with Crippen molar-refractivity contribution in [3.8, 4) is 0 Å². The van der Waals surface area contributed by atoms with Gasteiger partial charge in [-0.05, 0) is 32.9 Å². The fourth-order valence-corrected chi connectivity index (χ4v) is 3.12. The number of carbonyl (C=O) groups is 2. The smallest absolute Gasteiger partial charge is 0.159 e. The molecule has 2 rings (SSSR count). The Balaban J connectivity index is 2.66. The van der Waals surface area contributed by atoms with Crippen LogP contribution in [-0.4, -0.2) is 27.4 Å². The van der Waals surface area contributed by atoms with E-state index < -0.39 is 17.4 Å². The Bertz CT molecular complexity index is 565. The molecule has 0 bridgehead atoms. The van der Waals surface area contributed by atoms with E-state index in [1.54, 1.807) is 12.1 Å². The highest BCUT2D eigenvalue weighted by Crippen LogP contribution is 2.46. The van der Waals surface area contributed by atoms with Gasteiger partial charge in [-0.3, -0.25) is 9.59 Å². The molecule has 0 saturated carbocycles. The van der Waals surface area contributed by atoms with E-state index >= 15 is 0 Å². The van der Waals surface area contributed by atoms with Gasteiger partial charge in [-0.15, -0.1) is 0 Å². The minimum atomic E-state index is -1.42. The van der Waals surface area contributed by atoms with E-state index in [9.17, 15) is 19.8 Å². The molecule has 1 aliphatic rings. The third-order valence-corrected chi connectivity index (χ3v) is 3.82. The second-order valence-electron chi connectivity index (χ2n) is 5.53. The number of hydrogen-bond donors (Lipinski definition) is 2. The lowest BCUT2D eigenvalue weighted by Gasteiger charge is -2.40. The Hall–Kier alpha value is -1.88. The van der Waals surface area contributed by atoms with Crippen LogP contribution in [-0.2, 0) is 9.59 Å². The first-order valence-corrected chi connectivity index (χ1v) is 6.45. The first-order valence-electron chi connectivity index (χ1n) is 6.45. The molecule has 0 aliphatic heterocycles. The van der Waals surface area contributed by atoms with Gasteiger partial charge in [0, 0.05) is 12.0 Å². The van der Waals surface area contributed by atoms with E-state index in [0.717, 1.165) is 0 Å². The first-order chi connectivity index (χ1) is 9.25. The van der Waals surface area contributed by atoms with Crippen molar-refractivity contribution in [3.63, 3.8) is 0 Å². The SMILES string of the molecule is CC(=O)C1=C(O)C[C@](C)(O)[C@@H](C(C)=O)[C@H]1c1ccco1. The normalized spacial score (nSPS) is 30.4. The molecule has 1 aliphatic carbocycles. The summed E-state index contributed by atoms with van der Waals surface area (Å²) in [7, 11) is 0. The molecule has 0 radical (unpaired) electrons. The van der Waals surface area contributed by atoms with Gasteiger partial charge in [0.25, 0.3) is 0 Å². The van der Waals surface area contributed by atoms with Crippen LogP contribution in [0.1, 0.15) is 38.9 Å². The lowest BCUT2D eigenvalue weighted by atomic mass is 9.66. The second-order valence-corrected chi connectivity index (χ2v) is 5.53. The lowest BCUT2D eigenvalue weighted by molar-refractivity contribution is -0.132. The Morgan fingerprint density at radius 1 is 1.40 bits per heavy atom. The van der Waals surface area contributed by atoms with E-state index in [-0.39, 0.29) is 29.3 Å². The molecule has 5 heteroatoms. The number of furan rings is 1. The van der Waals surface area contributed by atoms with Crippen LogP contribution in [0.25, 0.3) is 0 Å². The zero-order valence-corrected chi connectivity index (χ0v) is 11.7. The number of hydrogen-bond acceptors (Lipinski definition) is 5. The van der Waals surface area contributed by atoms with E-state index in [0.29, 0.717) is 5.76 Å². The van der Waals surface area contributed by atoms with Crippen LogP contribution in [0.5, 0.6) is 0 Å². The molecule has 3 atom stereocenters. The van der Waals surface area contributed by atoms with Crippen molar-refractivity contribution in [2.24, 2.45) is 5.92 Å². The molecule has 0 spiro atoms. The fourth-order valence-electron chi connectivity index (χ4n) is 3.12. The van der Waals surface area contributed by atoms with Crippen LogP contribution in [0.15, 0.2) is 34.1 Å². The molecule has 108 valence electrons. The van der Waals surface area contributed by atoms with Crippen molar-refractivity contribution >= 4 is 11.6 Å². The molecule has 1 heterocycles. The van der Waals surface area contributed by atoms with Crippen LogP contribution in [0.3, 0.4) is 0 Å². The maximum atomic E-state index is 12.0. The molecular formula is C15H18O5. The quantitative estimate of drug-likeness (QED) is 0.884. The summed E-state index contributed by atoms with van der Waals surface area (Å²) in [5, 5.41) is 20.6. The number of ketones is 2. The number of rotatable bonds is 3. The molecule has 1 aromatic rings. The summed E-state index contributed by atoms with van der Waals surface area (Å²) in [5.41, 5.74) is -1.28. The third-order valence-electron chi connectivity index (χ3n) is 3.82. The molecule has 1 aromatic heterocycles. The number of allylic oxidation sites excluding steroid dienone is 1. The molecule has 0 saturated heterocycles. The van der Waals surface area contributed by atoms with Gasteiger partial charge in [0.15, 0.2) is 5.78 Å². The summed E-state index contributed by atoms with van der Waals surface area (Å²) < 4.78 is 5.31. The number of aliphatic hydroxyl groups is 2. The van der Waals surface area contributed by atoms with E-state index in [4.69, 9.17) is 4.42 Å². The van der Waals surface area contributed by atoms with Crippen LogP contribution < -0.4 is 0 Å². The van der Waals surface area contributed by atoms with Gasteiger partial charge in [-0.1, -0.05) is 0 Å². The fraction of sp³-hybridized carbons (Fsp3) is 0.467. The summed E-state index contributed by atoms with van der Waals surface area (Å²) in [6.07, 6.45) is 1.31. The van der Waals surface area contributed by atoms with Crippen LogP contribution in [0, 0.1) is 5.92 Å². The minimum Gasteiger partial charge on any atom is -0.512 e. The summed E-state index contributed by atoms with van der Waals surface area (Å²) in [6.45, 7) is 4.19. The zero-order valence-electron chi connectivity index (χ0n) is 11.7. The minimum absolute atomic E-state index is 0.122. The van der Waals surface area contributed by atoms with E-state index in [1.165, 1.54) is 27.0 Å². The first kappa shape index (κ1) is 14.5. The molecule has 2 N–H and O–H groups in total. The number of carbonyl (C=O) groups excluding carboxylic acids is 2. The van der Waals surface area contributed by atoms with E-state index in [1.807, 2.05) is 0 Å². The largest absolute Gasteiger partial charge is 0.512 e. The van der Waals surface area contributed by atoms with Crippen molar-refractivity contribution < 1.29 is 24.2 Å². The topological polar surface area (TPSA) is 87.7 Å². The van der Waals surface area contributed by atoms with Crippen molar-refractivity contribution in [2.75, 3.05) is 0 Å². The molecule has 0 aromatic carbocycles. The van der Waals surface area contributed by atoms with Crippen molar-refractivity contribution in [1.82, 2.24) is 0 Å². The van der Waals surface area contributed by atoms with Gasteiger partial charge < -0.3 is 14.6 Å². The van der Waals surface area contributed by atoms with Gasteiger partial charge in [-0.2, -0.15) is 0 Å². The molecule has 0 amide bonds. The highest BCUT2D eigenvalue weighted by atomic mass is 16.3. The van der Waals surface area contributed by atoms with Crippen molar-refractivity contribution in [3.05, 3.63) is 35.5 Å². The summed E-state index contributed by atoms with van der Waals surface area (Å²) in [6, 6.07) is 3.28. The van der Waals surface area contributed by atoms with Gasteiger partial charge in [0.2, 0.25) is 0 Å². The third kappa shape index (κ3) is 2.29. The lowest BCUT2D eigenvalue weighted by Crippen LogP contribution is -2.47. The Kier molecular flexibility index (Phi) is 3.56. The Morgan fingerprint density at radius 3 is 2.50 bits per heavy atom. The standard InChI is InChI=1S/C15H18O5/c1-8(16)12-10(18)7-15(3,19)14(9(2)17)13(12)11-5-4-6-20-11/h4-6,13-14,18-19H,7H2,1-3H3/t13-,14-,15-/m0/s1. The number of aliphatic hydroxyl groups excluding tert-OH is 1. The zero-order chi connectivity index (χ0) is 15.1. The molecule has 0 unspecified atom stereocenters. The summed E-state index contributed by atoms with van der Waals surface area (Å²) in [4.78, 5) is 23.8. The van der Waals surface area contributed by atoms with Crippen molar-refractivity contribution in [2.45, 2.75) is 38.7 Å². The van der Waals surface area contributed by atoms with Gasteiger partial charge in [-0.25, -0.2) is 0 Å². The predicted molar refractivity (Wildman–Crippen MR) is 71.2 cm³/mol. The maximum absolute atomic E-state index is 12.0. The van der Waals surface area contributed by atoms with Crippen LogP contribution in [0.2, 0.25) is 0 Å². The molecular weight excluding hydrogens is 260 g/mol. The summed E-state index contributed by atoms with van der Waals surface area (Å²) >= 11 is 0. The monoisotopic (exact) mass is 278 g/mol. The Labute approximate surface area is 116 Å². The molecule has 5 nitrogen and oxygen atoms in total. The average molecular weight is 278 g/mol. The molecule has 20 heavy (non-hydrogen) atoms. The average Bonchev–Trinajstić information content (AvgIpc) is 2.77. The van der Waals surface area contributed by atoms with Crippen LogP contribution in [0.4, 0.5) is 0 Å². The highest BCUT2D eigenvalue weighted by molar-refractivity contribution is 5.97. The van der Waals surface area contributed by atoms with Crippen LogP contribution >= 0.6 is 0 Å². The predicted octanol–water partition coefficient (Wildman–Crippen LogP) is 2.12. The Morgan fingerprint density at radius 2 is 2.05 bits per heavy atom. The van der Waals surface area contributed by atoms with Gasteiger partial charge in [0.05, 0.1) is 23.7 Å².